The molecule has 0 aliphatic heterocycles. The predicted octanol–water partition coefficient (Wildman–Crippen LogP) is -0.468. The molecule has 1 amide bonds. The van der Waals surface area contributed by atoms with Crippen molar-refractivity contribution in [1.82, 2.24) is 9.97 Å². The van der Waals surface area contributed by atoms with E-state index in [1.54, 1.807) is 25.9 Å². The van der Waals surface area contributed by atoms with E-state index in [1.165, 1.54) is 0 Å². The van der Waals surface area contributed by atoms with Crippen LogP contribution in [0.25, 0.3) is 0 Å². The first-order valence-corrected chi connectivity index (χ1v) is 4.04. The molecule has 4 N–H and O–H groups in total. The monoisotopic (exact) mass is 195 g/mol. The van der Waals surface area contributed by atoms with Crippen molar-refractivity contribution in [3.63, 3.8) is 0 Å². The van der Waals surface area contributed by atoms with Crippen LogP contribution in [0, 0.1) is 6.92 Å². The third-order valence-electron chi connectivity index (χ3n) is 1.75. The van der Waals surface area contributed by atoms with Crippen LogP contribution in [0.5, 0.6) is 0 Å². The van der Waals surface area contributed by atoms with Gasteiger partial charge < -0.3 is 16.4 Å². The van der Waals surface area contributed by atoms with Crippen molar-refractivity contribution >= 4 is 17.7 Å². The molecule has 0 aliphatic carbocycles. The van der Waals surface area contributed by atoms with Crippen molar-refractivity contribution < 1.29 is 4.79 Å². The summed E-state index contributed by atoms with van der Waals surface area (Å²) in [7, 11) is 3.58. The van der Waals surface area contributed by atoms with Gasteiger partial charge in [0.1, 0.15) is 11.4 Å². The molecule has 0 aromatic carbocycles. The molecule has 0 saturated carbocycles. The van der Waals surface area contributed by atoms with Gasteiger partial charge in [-0.15, -0.1) is 0 Å². The fraction of sp³-hybridized carbons (Fsp3) is 0.375. The molecular weight excluding hydrogens is 182 g/mol. The molecule has 14 heavy (non-hydrogen) atoms. The van der Waals surface area contributed by atoms with Gasteiger partial charge in [-0.3, -0.25) is 4.79 Å². The van der Waals surface area contributed by atoms with Crippen LogP contribution in [0.4, 0.5) is 11.8 Å². The summed E-state index contributed by atoms with van der Waals surface area (Å²) in [4.78, 5) is 20.7. The van der Waals surface area contributed by atoms with E-state index in [4.69, 9.17) is 11.5 Å². The lowest BCUT2D eigenvalue weighted by Gasteiger charge is -2.12. The van der Waals surface area contributed by atoms with Crippen molar-refractivity contribution in [3.8, 4) is 0 Å². The predicted molar refractivity (Wildman–Crippen MR) is 54.0 cm³/mol. The Morgan fingerprint density at radius 1 is 1.36 bits per heavy atom. The molecule has 0 fully saturated rings. The number of hydrogen-bond acceptors (Lipinski definition) is 5. The summed E-state index contributed by atoms with van der Waals surface area (Å²) in [5.41, 5.74) is 11.4. The molecular formula is C8H13N5O. The molecule has 0 bridgehead atoms. The zero-order chi connectivity index (χ0) is 10.9. The summed E-state index contributed by atoms with van der Waals surface area (Å²) in [6.45, 7) is 1.67. The molecule has 0 spiro atoms. The van der Waals surface area contributed by atoms with E-state index in [1.807, 2.05) is 0 Å². The highest BCUT2D eigenvalue weighted by Gasteiger charge is 2.14. The van der Waals surface area contributed by atoms with Crippen LogP contribution in [0.1, 0.15) is 16.1 Å². The Bertz CT molecular complexity index is 351. The average molecular weight is 195 g/mol. The maximum absolute atomic E-state index is 11.0. The van der Waals surface area contributed by atoms with Gasteiger partial charge in [-0.2, -0.15) is 4.98 Å². The van der Waals surface area contributed by atoms with Gasteiger partial charge in [0.05, 0.1) is 5.69 Å². The van der Waals surface area contributed by atoms with E-state index in [9.17, 15) is 4.79 Å². The topological polar surface area (TPSA) is 98.1 Å². The minimum atomic E-state index is -0.606. The molecule has 1 aromatic heterocycles. The minimum absolute atomic E-state index is 0.119. The third-order valence-corrected chi connectivity index (χ3v) is 1.75. The smallest absolute Gasteiger partial charge is 0.254 e. The number of aryl methyl sites for hydroxylation is 1. The number of primary amides is 1. The summed E-state index contributed by atoms with van der Waals surface area (Å²) in [6, 6.07) is 0. The lowest BCUT2D eigenvalue weighted by molar-refractivity contribution is 0.1000. The van der Waals surface area contributed by atoms with Crippen molar-refractivity contribution in [2.75, 3.05) is 24.7 Å². The molecule has 0 atom stereocenters. The Kier molecular flexibility index (Phi) is 2.55. The number of amides is 1. The Hall–Kier alpha value is -1.85. The van der Waals surface area contributed by atoms with E-state index in [2.05, 4.69) is 9.97 Å². The molecule has 0 saturated heterocycles. The number of rotatable bonds is 2. The Morgan fingerprint density at radius 3 is 2.29 bits per heavy atom. The van der Waals surface area contributed by atoms with E-state index < -0.39 is 5.91 Å². The molecule has 6 heteroatoms. The second-order valence-electron chi connectivity index (χ2n) is 3.13. The van der Waals surface area contributed by atoms with Crippen LogP contribution < -0.4 is 16.4 Å². The minimum Gasteiger partial charge on any atom is -0.383 e. The fourth-order valence-electron chi connectivity index (χ4n) is 1.08. The van der Waals surface area contributed by atoms with E-state index in [-0.39, 0.29) is 11.4 Å². The van der Waals surface area contributed by atoms with Crippen LogP contribution >= 0.6 is 0 Å². The maximum Gasteiger partial charge on any atom is 0.254 e. The largest absolute Gasteiger partial charge is 0.383 e. The van der Waals surface area contributed by atoms with Crippen LogP contribution in [-0.4, -0.2) is 30.0 Å². The zero-order valence-electron chi connectivity index (χ0n) is 8.40. The van der Waals surface area contributed by atoms with Crippen LogP contribution in [-0.2, 0) is 0 Å². The first-order chi connectivity index (χ1) is 6.43. The molecule has 6 nitrogen and oxygen atoms in total. The summed E-state index contributed by atoms with van der Waals surface area (Å²) >= 11 is 0. The normalized spacial score (nSPS) is 9.93. The third kappa shape index (κ3) is 1.73. The Morgan fingerprint density at radius 2 is 1.93 bits per heavy atom. The quantitative estimate of drug-likeness (QED) is 0.664. The fourth-order valence-corrected chi connectivity index (χ4v) is 1.08. The van der Waals surface area contributed by atoms with Gasteiger partial charge in [-0.25, -0.2) is 4.98 Å². The van der Waals surface area contributed by atoms with Crippen LogP contribution in [0.15, 0.2) is 0 Å². The van der Waals surface area contributed by atoms with Gasteiger partial charge in [0.2, 0.25) is 5.95 Å². The Balaban J connectivity index is 3.32. The van der Waals surface area contributed by atoms with Crippen molar-refractivity contribution in [1.29, 1.82) is 0 Å². The van der Waals surface area contributed by atoms with E-state index in [0.29, 0.717) is 11.6 Å². The first-order valence-electron chi connectivity index (χ1n) is 4.04. The molecule has 1 heterocycles. The lowest BCUT2D eigenvalue weighted by atomic mass is 10.2. The number of nitrogens with zero attached hydrogens (tertiary/aromatic N) is 3. The van der Waals surface area contributed by atoms with Crippen molar-refractivity contribution in [3.05, 3.63) is 11.3 Å². The Labute approximate surface area is 81.9 Å². The van der Waals surface area contributed by atoms with Gasteiger partial charge >= 0.3 is 0 Å². The molecule has 76 valence electrons. The number of nitrogen functional groups attached to an aromatic ring is 1. The highest BCUT2D eigenvalue weighted by molar-refractivity contribution is 5.98. The van der Waals surface area contributed by atoms with Gasteiger partial charge in [-0.05, 0) is 6.92 Å². The van der Waals surface area contributed by atoms with Gasteiger partial charge in [-0.1, -0.05) is 0 Å². The van der Waals surface area contributed by atoms with Gasteiger partial charge in [0, 0.05) is 14.1 Å². The highest BCUT2D eigenvalue weighted by atomic mass is 16.1. The van der Waals surface area contributed by atoms with Crippen LogP contribution in [0.2, 0.25) is 0 Å². The first kappa shape index (κ1) is 10.2. The summed E-state index contributed by atoms with van der Waals surface area (Å²) in [6.07, 6.45) is 0. The second kappa shape index (κ2) is 3.49. The van der Waals surface area contributed by atoms with E-state index >= 15 is 0 Å². The number of anilines is 2. The van der Waals surface area contributed by atoms with Crippen LogP contribution in [0.3, 0.4) is 0 Å². The van der Waals surface area contributed by atoms with E-state index in [0.717, 1.165) is 0 Å². The SMILES string of the molecule is Cc1nc(N(C)C)nc(N)c1C(N)=O. The number of nitrogens with two attached hydrogens (primary N) is 2. The number of carbonyl (C=O) groups is 1. The number of hydrogen-bond donors (Lipinski definition) is 2. The summed E-state index contributed by atoms with van der Waals surface area (Å²) < 4.78 is 0. The zero-order valence-corrected chi connectivity index (χ0v) is 8.40. The molecule has 0 radical (unpaired) electrons. The van der Waals surface area contributed by atoms with Crippen molar-refractivity contribution in [2.24, 2.45) is 5.73 Å². The molecule has 1 rings (SSSR count). The summed E-state index contributed by atoms with van der Waals surface area (Å²) in [5.74, 6) is -0.0241. The molecule has 0 aliphatic rings. The second-order valence-corrected chi connectivity index (χ2v) is 3.13. The molecule has 0 unspecified atom stereocenters. The maximum atomic E-state index is 11.0. The number of aromatic nitrogens is 2. The average Bonchev–Trinajstić information content (AvgIpc) is 2.01. The van der Waals surface area contributed by atoms with Gasteiger partial charge in [0.25, 0.3) is 5.91 Å². The highest BCUT2D eigenvalue weighted by Crippen LogP contribution is 2.15. The van der Waals surface area contributed by atoms with Crippen molar-refractivity contribution in [2.45, 2.75) is 6.92 Å². The number of carbonyl (C=O) groups excluding carboxylic acids is 1. The summed E-state index contributed by atoms with van der Waals surface area (Å²) in [5, 5.41) is 0. The standard InChI is InChI=1S/C8H13N5O/c1-4-5(7(10)14)6(9)12-8(11-4)13(2)3/h1-3H3,(H2,10,14)(H2,9,11,12). The molecule has 1 aromatic rings. The van der Waals surface area contributed by atoms with Gasteiger partial charge in [0.15, 0.2) is 0 Å². The lowest BCUT2D eigenvalue weighted by Crippen LogP contribution is -2.20.